The highest BCUT2D eigenvalue weighted by molar-refractivity contribution is 5.85. The summed E-state index contributed by atoms with van der Waals surface area (Å²) in [7, 11) is 0. The summed E-state index contributed by atoms with van der Waals surface area (Å²) in [5, 5.41) is 11.9. The van der Waals surface area contributed by atoms with Crippen LogP contribution in [0.5, 0.6) is 0 Å². The minimum Gasteiger partial charge on any atom is -0.481 e. The van der Waals surface area contributed by atoms with E-state index in [2.05, 4.69) is 10.3 Å². The van der Waals surface area contributed by atoms with Gasteiger partial charge in [0.25, 0.3) is 0 Å². The SMILES string of the molecule is O=C(O)C1CC=CCC1C(=O)NCCn1ccnc1. The summed E-state index contributed by atoms with van der Waals surface area (Å²) in [5.74, 6) is -2.17. The third kappa shape index (κ3) is 3.43. The quantitative estimate of drug-likeness (QED) is 0.765. The third-order valence-electron chi connectivity index (χ3n) is 3.31. The molecule has 0 saturated heterocycles. The number of imidazole rings is 1. The van der Waals surface area contributed by atoms with Crippen LogP contribution in [0, 0.1) is 11.8 Å². The smallest absolute Gasteiger partial charge is 0.307 e. The Morgan fingerprint density at radius 1 is 1.32 bits per heavy atom. The van der Waals surface area contributed by atoms with Gasteiger partial charge >= 0.3 is 5.97 Å². The van der Waals surface area contributed by atoms with Gasteiger partial charge in [-0.1, -0.05) is 12.2 Å². The highest BCUT2D eigenvalue weighted by Gasteiger charge is 2.33. The maximum Gasteiger partial charge on any atom is 0.307 e. The Balaban J connectivity index is 1.84. The van der Waals surface area contributed by atoms with Crippen LogP contribution in [0.4, 0.5) is 0 Å². The maximum atomic E-state index is 12.0. The topological polar surface area (TPSA) is 84.2 Å². The van der Waals surface area contributed by atoms with E-state index in [4.69, 9.17) is 5.11 Å². The van der Waals surface area contributed by atoms with Crippen molar-refractivity contribution in [1.29, 1.82) is 0 Å². The molecule has 1 amide bonds. The molecule has 1 aliphatic carbocycles. The Hall–Kier alpha value is -2.11. The summed E-state index contributed by atoms with van der Waals surface area (Å²) >= 11 is 0. The van der Waals surface area contributed by atoms with Gasteiger partial charge in [-0.2, -0.15) is 0 Å². The molecule has 2 N–H and O–H groups in total. The molecule has 0 spiro atoms. The fraction of sp³-hybridized carbons (Fsp3) is 0.462. The molecule has 1 aromatic heterocycles. The molecular formula is C13H17N3O3. The monoisotopic (exact) mass is 263 g/mol. The average molecular weight is 263 g/mol. The second kappa shape index (κ2) is 6.17. The van der Waals surface area contributed by atoms with Gasteiger partial charge in [0.05, 0.1) is 18.2 Å². The Morgan fingerprint density at radius 3 is 2.68 bits per heavy atom. The van der Waals surface area contributed by atoms with Crippen molar-refractivity contribution in [2.75, 3.05) is 6.54 Å². The molecule has 0 aliphatic heterocycles. The highest BCUT2D eigenvalue weighted by Crippen LogP contribution is 2.25. The summed E-state index contributed by atoms with van der Waals surface area (Å²) in [5.41, 5.74) is 0. The van der Waals surface area contributed by atoms with Crippen LogP contribution in [0.15, 0.2) is 30.9 Å². The number of allylic oxidation sites excluding steroid dienone is 2. The molecule has 0 radical (unpaired) electrons. The molecule has 1 aromatic rings. The van der Waals surface area contributed by atoms with Crippen LogP contribution in [0.3, 0.4) is 0 Å². The van der Waals surface area contributed by atoms with E-state index in [0.29, 0.717) is 25.9 Å². The maximum absolute atomic E-state index is 12.0. The number of amides is 1. The van der Waals surface area contributed by atoms with Crippen molar-refractivity contribution < 1.29 is 14.7 Å². The number of carbonyl (C=O) groups is 2. The van der Waals surface area contributed by atoms with E-state index in [1.807, 2.05) is 22.9 Å². The number of carboxylic acids is 1. The molecule has 6 nitrogen and oxygen atoms in total. The molecule has 19 heavy (non-hydrogen) atoms. The lowest BCUT2D eigenvalue weighted by atomic mass is 9.82. The van der Waals surface area contributed by atoms with Crippen molar-refractivity contribution in [2.24, 2.45) is 11.8 Å². The van der Waals surface area contributed by atoms with E-state index in [1.54, 1.807) is 12.5 Å². The van der Waals surface area contributed by atoms with E-state index in [0.717, 1.165) is 0 Å². The lowest BCUT2D eigenvalue weighted by Gasteiger charge is -2.24. The van der Waals surface area contributed by atoms with E-state index in [9.17, 15) is 9.59 Å². The Morgan fingerprint density at radius 2 is 2.05 bits per heavy atom. The fourth-order valence-corrected chi connectivity index (χ4v) is 2.24. The van der Waals surface area contributed by atoms with Crippen LogP contribution >= 0.6 is 0 Å². The van der Waals surface area contributed by atoms with Crippen LogP contribution in [-0.2, 0) is 16.1 Å². The van der Waals surface area contributed by atoms with Crippen LogP contribution < -0.4 is 5.32 Å². The van der Waals surface area contributed by atoms with Gasteiger partial charge in [-0.25, -0.2) is 4.98 Å². The molecule has 2 unspecified atom stereocenters. The third-order valence-corrected chi connectivity index (χ3v) is 3.31. The van der Waals surface area contributed by atoms with E-state index in [-0.39, 0.29) is 5.91 Å². The number of nitrogens with one attached hydrogen (secondary N) is 1. The number of hydrogen-bond acceptors (Lipinski definition) is 3. The molecule has 0 fully saturated rings. The normalized spacial score (nSPS) is 22.1. The lowest BCUT2D eigenvalue weighted by Crippen LogP contribution is -2.39. The van der Waals surface area contributed by atoms with Gasteiger partial charge in [0, 0.05) is 25.5 Å². The van der Waals surface area contributed by atoms with Crippen molar-refractivity contribution in [2.45, 2.75) is 19.4 Å². The first-order valence-corrected chi connectivity index (χ1v) is 6.29. The summed E-state index contributed by atoms with van der Waals surface area (Å²) in [6.07, 6.45) is 9.79. The van der Waals surface area contributed by atoms with Gasteiger partial charge in [-0.05, 0) is 12.8 Å². The molecule has 102 valence electrons. The first kappa shape index (κ1) is 13.3. The molecular weight excluding hydrogens is 246 g/mol. The summed E-state index contributed by atoms with van der Waals surface area (Å²) in [6, 6.07) is 0. The Bertz CT molecular complexity index is 467. The minimum atomic E-state index is -0.904. The van der Waals surface area contributed by atoms with Crippen molar-refractivity contribution in [3.05, 3.63) is 30.9 Å². The first-order valence-electron chi connectivity index (χ1n) is 6.29. The number of hydrogen-bond donors (Lipinski definition) is 2. The fourth-order valence-electron chi connectivity index (χ4n) is 2.24. The molecule has 6 heteroatoms. The van der Waals surface area contributed by atoms with Crippen molar-refractivity contribution in [3.8, 4) is 0 Å². The van der Waals surface area contributed by atoms with Gasteiger partial charge in [0.1, 0.15) is 0 Å². The second-order valence-corrected chi connectivity index (χ2v) is 4.59. The molecule has 1 heterocycles. The molecule has 0 aromatic carbocycles. The van der Waals surface area contributed by atoms with Gasteiger partial charge in [0.15, 0.2) is 0 Å². The number of carboxylic acid groups (broad SMARTS) is 1. The summed E-state index contributed by atoms with van der Waals surface area (Å²) in [6.45, 7) is 1.10. The Labute approximate surface area is 111 Å². The molecule has 1 aliphatic rings. The molecule has 0 bridgehead atoms. The van der Waals surface area contributed by atoms with Crippen LogP contribution in [0.25, 0.3) is 0 Å². The van der Waals surface area contributed by atoms with E-state index >= 15 is 0 Å². The number of aliphatic carboxylic acids is 1. The van der Waals surface area contributed by atoms with Gasteiger partial charge in [-0.3, -0.25) is 9.59 Å². The number of carbonyl (C=O) groups excluding carboxylic acids is 1. The predicted octanol–water partition coefficient (Wildman–Crippen LogP) is 0.666. The van der Waals surface area contributed by atoms with Crippen molar-refractivity contribution in [3.63, 3.8) is 0 Å². The first-order chi connectivity index (χ1) is 9.18. The zero-order valence-electron chi connectivity index (χ0n) is 10.5. The van der Waals surface area contributed by atoms with Crippen molar-refractivity contribution >= 4 is 11.9 Å². The number of nitrogens with zero attached hydrogens (tertiary/aromatic N) is 2. The zero-order chi connectivity index (χ0) is 13.7. The predicted molar refractivity (Wildman–Crippen MR) is 68.2 cm³/mol. The van der Waals surface area contributed by atoms with E-state index < -0.39 is 17.8 Å². The zero-order valence-corrected chi connectivity index (χ0v) is 10.5. The number of aromatic nitrogens is 2. The van der Waals surface area contributed by atoms with Crippen molar-refractivity contribution in [1.82, 2.24) is 14.9 Å². The summed E-state index contributed by atoms with van der Waals surface area (Å²) < 4.78 is 1.86. The standard InChI is InChI=1S/C13H17N3O3/c17-12(15-6-8-16-7-5-14-9-16)10-3-1-2-4-11(10)13(18)19/h1-2,5,7,9-11H,3-4,6,8H2,(H,15,17)(H,18,19). The molecule has 0 saturated carbocycles. The lowest BCUT2D eigenvalue weighted by molar-refractivity contribution is -0.147. The van der Waals surface area contributed by atoms with Gasteiger partial charge in [0.2, 0.25) is 5.91 Å². The second-order valence-electron chi connectivity index (χ2n) is 4.59. The van der Waals surface area contributed by atoms with Gasteiger partial charge < -0.3 is 15.0 Å². The molecule has 2 rings (SSSR count). The summed E-state index contributed by atoms with van der Waals surface area (Å²) in [4.78, 5) is 27.0. The highest BCUT2D eigenvalue weighted by atomic mass is 16.4. The average Bonchev–Trinajstić information content (AvgIpc) is 2.91. The largest absolute Gasteiger partial charge is 0.481 e. The molecule has 2 atom stereocenters. The Kier molecular flexibility index (Phi) is 4.33. The van der Waals surface area contributed by atoms with E-state index in [1.165, 1.54) is 0 Å². The minimum absolute atomic E-state index is 0.183. The van der Waals surface area contributed by atoms with Gasteiger partial charge in [-0.15, -0.1) is 0 Å². The number of rotatable bonds is 5. The van der Waals surface area contributed by atoms with Crippen LogP contribution in [0.1, 0.15) is 12.8 Å². The van der Waals surface area contributed by atoms with Crippen LogP contribution in [0.2, 0.25) is 0 Å². The van der Waals surface area contributed by atoms with Crippen LogP contribution in [-0.4, -0.2) is 33.1 Å².